The minimum atomic E-state index is -4.54. The van der Waals surface area contributed by atoms with Gasteiger partial charge in [-0.3, -0.25) is 4.18 Å². The average molecular weight is 197 g/mol. The number of rotatable bonds is 5. The molecular weight excluding hydrogens is 182 g/mol. The second kappa shape index (κ2) is 4.76. The van der Waals surface area contributed by atoms with E-state index in [2.05, 4.69) is 9.92 Å². The third kappa shape index (κ3) is 7.93. The highest BCUT2D eigenvalue weighted by Crippen LogP contribution is 2.02. The normalized spacial score (nSPS) is 15.1. The summed E-state index contributed by atoms with van der Waals surface area (Å²) in [5.41, 5.74) is 3.65. The van der Waals surface area contributed by atoms with Crippen molar-refractivity contribution >= 4 is 10.4 Å². The molecule has 6 heteroatoms. The zero-order valence-electron chi connectivity index (χ0n) is 7.32. The highest BCUT2D eigenvalue weighted by molar-refractivity contribution is 7.80. The van der Waals surface area contributed by atoms with Gasteiger partial charge in [-0.05, 0) is 5.92 Å². The van der Waals surface area contributed by atoms with Crippen LogP contribution in [0.25, 0.3) is 0 Å². The van der Waals surface area contributed by atoms with Gasteiger partial charge in [-0.25, -0.2) is 8.42 Å². The first-order valence-electron chi connectivity index (χ1n) is 3.74. The fraction of sp³-hybridized carbons (Fsp3) is 1.00. The Morgan fingerprint density at radius 1 is 1.50 bits per heavy atom. The van der Waals surface area contributed by atoms with Crippen molar-refractivity contribution in [2.24, 2.45) is 5.92 Å². The molecule has 74 valence electrons. The highest BCUT2D eigenvalue weighted by Gasteiger charge is 2.10. The monoisotopic (exact) mass is 197 g/mol. The molecule has 1 unspecified atom stereocenters. The first-order chi connectivity index (χ1) is 5.31. The van der Waals surface area contributed by atoms with E-state index < -0.39 is 10.4 Å². The molecule has 0 amide bonds. The zero-order valence-corrected chi connectivity index (χ0v) is 8.13. The molecule has 0 aromatic rings. The average Bonchev–Trinajstić information content (AvgIpc) is 1.80. The van der Waals surface area contributed by atoms with Gasteiger partial charge in [-0.2, -0.15) is 0 Å². The maximum atomic E-state index is 10.0. The summed E-state index contributed by atoms with van der Waals surface area (Å²) >= 11 is 0. The second-order valence-electron chi connectivity index (χ2n) is 3.19. The maximum Gasteiger partial charge on any atom is 0.217 e. The van der Waals surface area contributed by atoms with Crippen LogP contribution in [-0.4, -0.2) is 25.6 Å². The van der Waals surface area contributed by atoms with Crippen LogP contribution in [0.15, 0.2) is 0 Å². The summed E-state index contributed by atoms with van der Waals surface area (Å²) in [6, 6.07) is -0.145. The van der Waals surface area contributed by atoms with Crippen LogP contribution in [0, 0.1) is 5.92 Å². The van der Waals surface area contributed by atoms with Crippen molar-refractivity contribution in [3.8, 4) is 0 Å². The molecule has 0 aliphatic rings. The Morgan fingerprint density at radius 3 is 2.33 bits per heavy atom. The number of hydrogen-bond acceptors (Lipinski definition) is 4. The Kier molecular flexibility index (Phi) is 4.69. The third-order valence-corrected chi connectivity index (χ3v) is 1.68. The summed E-state index contributed by atoms with van der Waals surface area (Å²) in [6.45, 7) is 3.86. The predicted molar refractivity (Wildman–Crippen MR) is 41.8 cm³/mol. The van der Waals surface area contributed by atoms with E-state index in [-0.39, 0.29) is 12.6 Å². The van der Waals surface area contributed by atoms with E-state index in [4.69, 9.17) is 0 Å². The molecule has 0 saturated heterocycles. The Morgan fingerprint density at radius 2 is 2.00 bits per heavy atom. The standard InChI is InChI=1S/C6H15NO4S/c1-5(2)3-6(7)4-11-12(8,9)10/h5-6H,3-4,7H2,1-2H3,(H,8,9,10). The quantitative estimate of drug-likeness (QED) is 0.457. The van der Waals surface area contributed by atoms with Gasteiger partial charge >= 0.3 is 0 Å². The highest BCUT2D eigenvalue weighted by atomic mass is 32.3. The predicted octanol–water partition coefficient (Wildman–Crippen LogP) is -0.880. The molecule has 0 fully saturated rings. The van der Waals surface area contributed by atoms with Crippen LogP contribution in [-0.2, 0) is 14.6 Å². The van der Waals surface area contributed by atoms with E-state index in [1.54, 1.807) is 0 Å². The van der Waals surface area contributed by atoms with Crippen molar-refractivity contribution in [3.63, 3.8) is 0 Å². The Bertz CT molecular complexity index is 212. The van der Waals surface area contributed by atoms with Gasteiger partial charge in [0.2, 0.25) is 10.4 Å². The topological polar surface area (TPSA) is 94.1 Å². The van der Waals surface area contributed by atoms with Gasteiger partial charge in [-0.1, -0.05) is 13.8 Å². The summed E-state index contributed by atoms with van der Waals surface area (Å²) in [7, 11) is -4.54. The lowest BCUT2D eigenvalue weighted by atomic mass is 10.1. The molecule has 0 bridgehead atoms. The first kappa shape index (κ1) is 11.8. The Labute approximate surface area is 72.9 Å². The Hall–Kier alpha value is -0.170. The van der Waals surface area contributed by atoms with Crippen molar-refractivity contribution in [2.45, 2.75) is 26.3 Å². The third-order valence-electron chi connectivity index (χ3n) is 1.25. The largest absolute Gasteiger partial charge is 0.726 e. The molecule has 0 saturated carbocycles. The molecule has 0 aromatic heterocycles. The minimum absolute atomic E-state index is 0.121. The number of hydrogen-bond donors (Lipinski definition) is 1. The van der Waals surface area contributed by atoms with E-state index in [9.17, 15) is 13.0 Å². The van der Waals surface area contributed by atoms with Crippen LogP contribution >= 0.6 is 0 Å². The van der Waals surface area contributed by atoms with Crippen molar-refractivity contribution in [1.82, 2.24) is 0 Å². The summed E-state index contributed by atoms with van der Waals surface area (Å²) in [5.74, 6) is 0.422. The molecule has 12 heavy (non-hydrogen) atoms. The van der Waals surface area contributed by atoms with E-state index >= 15 is 0 Å². The van der Waals surface area contributed by atoms with E-state index in [0.29, 0.717) is 5.92 Å². The minimum Gasteiger partial charge on any atom is -0.726 e. The van der Waals surface area contributed by atoms with Crippen molar-refractivity contribution in [3.05, 3.63) is 0 Å². The second-order valence-corrected chi connectivity index (χ2v) is 4.24. The number of quaternary nitrogens is 1. The van der Waals surface area contributed by atoms with Crippen LogP contribution < -0.4 is 5.73 Å². The molecule has 1 atom stereocenters. The fourth-order valence-corrected chi connectivity index (χ4v) is 1.27. The van der Waals surface area contributed by atoms with E-state index in [0.717, 1.165) is 6.42 Å². The van der Waals surface area contributed by atoms with Gasteiger partial charge in [0.05, 0.1) is 0 Å². The summed E-state index contributed by atoms with van der Waals surface area (Å²) in [4.78, 5) is 0. The molecule has 5 nitrogen and oxygen atoms in total. The molecule has 0 heterocycles. The van der Waals surface area contributed by atoms with Crippen LogP contribution in [0.4, 0.5) is 0 Å². The molecule has 0 aromatic carbocycles. The maximum absolute atomic E-state index is 10.0. The van der Waals surface area contributed by atoms with Crippen LogP contribution in [0.3, 0.4) is 0 Å². The van der Waals surface area contributed by atoms with Gasteiger partial charge in [0.15, 0.2) is 0 Å². The van der Waals surface area contributed by atoms with Gasteiger partial charge in [0.1, 0.15) is 12.6 Å². The van der Waals surface area contributed by atoms with Gasteiger partial charge in [-0.15, -0.1) is 0 Å². The molecule has 0 radical (unpaired) electrons. The van der Waals surface area contributed by atoms with Crippen LogP contribution in [0.5, 0.6) is 0 Å². The SMILES string of the molecule is CC(C)CC([NH3+])COS(=O)(=O)[O-]. The molecule has 0 spiro atoms. The van der Waals surface area contributed by atoms with Gasteiger partial charge in [0.25, 0.3) is 0 Å². The van der Waals surface area contributed by atoms with E-state index in [1.807, 2.05) is 13.8 Å². The molecular formula is C6H15NO4S. The Balaban J connectivity index is 3.65. The lowest BCUT2D eigenvalue weighted by Crippen LogP contribution is -2.63. The molecule has 3 N–H and O–H groups in total. The first-order valence-corrected chi connectivity index (χ1v) is 5.08. The fourth-order valence-electron chi connectivity index (χ4n) is 0.914. The summed E-state index contributed by atoms with van der Waals surface area (Å²) < 4.78 is 34.1. The zero-order chi connectivity index (χ0) is 9.78. The lowest BCUT2D eigenvalue weighted by molar-refractivity contribution is -0.426. The van der Waals surface area contributed by atoms with Crippen molar-refractivity contribution in [1.29, 1.82) is 0 Å². The van der Waals surface area contributed by atoms with Crippen LogP contribution in [0.1, 0.15) is 20.3 Å². The van der Waals surface area contributed by atoms with Gasteiger partial charge < -0.3 is 10.3 Å². The van der Waals surface area contributed by atoms with Gasteiger partial charge in [0, 0.05) is 6.42 Å². The lowest BCUT2D eigenvalue weighted by Gasteiger charge is -2.12. The van der Waals surface area contributed by atoms with E-state index in [1.165, 1.54) is 0 Å². The molecule has 0 aliphatic carbocycles. The van der Waals surface area contributed by atoms with Crippen molar-refractivity contribution < 1.29 is 22.9 Å². The summed E-state index contributed by atoms with van der Waals surface area (Å²) in [6.07, 6.45) is 0.746. The van der Waals surface area contributed by atoms with Crippen LogP contribution in [0.2, 0.25) is 0 Å². The smallest absolute Gasteiger partial charge is 0.217 e. The molecule has 0 rings (SSSR count). The summed E-state index contributed by atoms with van der Waals surface area (Å²) in [5, 5.41) is 0. The molecule has 0 aliphatic heterocycles. The van der Waals surface area contributed by atoms with Crippen molar-refractivity contribution in [2.75, 3.05) is 6.61 Å².